The summed E-state index contributed by atoms with van der Waals surface area (Å²) in [5.74, 6) is 0. The number of aliphatic hydroxyl groups is 1. The van der Waals surface area contributed by atoms with Gasteiger partial charge in [0.25, 0.3) is 0 Å². The zero-order valence-corrected chi connectivity index (χ0v) is 13.6. The van der Waals surface area contributed by atoms with Gasteiger partial charge in [-0.2, -0.15) is 0 Å². The monoisotopic (exact) mass is 327 g/mol. The van der Waals surface area contributed by atoms with E-state index in [1.807, 2.05) is 0 Å². The van der Waals surface area contributed by atoms with E-state index in [-0.39, 0.29) is 12.4 Å². The van der Waals surface area contributed by atoms with Gasteiger partial charge in [-0.15, -0.1) is 23.7 Å². The Bertz CT molecular complexity index is 568. The zero-order valence-electron chi connectivity index (χ0n) is 12.0. The lowest BCUT2D eigenvalue weighted by Gasteiger charge is -2.37. The fourth-order valence-corrected chi connectivity index (χ4v) is 3.49. The Morgan fingerprint density at radius 2 is 2.10 bits per heavy atom. The number of fused-ring (bicyclic) bond motifs is 1. The minimum absolute atomic E-state index is 0. The third kappa shape index (κ3) is 4.18. The number of halogens is 1. The van der Waals surface area contributed by atoms with Crippen LogP contribution in [0, 0.1) is 0 Å². The van der Waals surface area contributed by atoms with Gasteiger partial charge in [-0.3, -0.25) is 0 Å². The summed E-state index contributed by atoms with van der Waals surface area (Å²) in [7, 11) is 0. The summed E-state index contributed by atoms with van der Waals surface area (Å²) in [5, 5.41) is 16.5. The maximum absolute atomic E-state index is 9.92. The van der Waals surface area contributed by atoms with E-state index in [0.29, 0.717) is 0 Å². The Labute approximate surface area is 135 Å². The first kappa shape index (κ1) is 16.7. The summed E-state index contributed by atoms with van der Waals surface area (Å²) < 4.78 is 7.05. The number of thiophene rings is 1. The molecular formula is C16H22ClNO2S. The second-order valence-electron chi connectivity index (χ2n) is 5.54. The lowest BCUT2D eigenvalue weighted by atomic mass is 9.92. The number of nitrogens with one attached hydrogen (secondary N) is 1. The standard InChI is InChI=1S/C16H21NO2S.ClH/c18-16(11-17-12-16)7-2-8-19-9-5-13-3-1-4-15-14(13)6-10-20-15;/h1,3-4,6,10,17-18H,2,5,7-9,11-12H2;1H. The zero-order chi connectivity index (χ0) is 13.8. The lowest BCUT2D eigenvalue weighted by Crippen LogP contribution is -2.59. The van der Waals surface area contributed by atoms with Crippen LogP contribution < -0.4 is 5.32 Å². The van der Waals surface area contributed by atoms with Crippen molar-refractivity contribution in [1.82, 2.24) is 5.32 Å². The summed E-state index contributed by atoms with van der Waals surface area (Å²) in [4.78, 5) is 0. The van der Waals surface area contributed by atoms with Gasteiger partial charge in [0.1, 0.15) is 0 Å². The van der Waals surface area contributed by atoms with E-state index >= 15 is 0 Å². The summed E-state index contributed by atoms with van der Waals surface area (Å²) in [6, 6.07) is 8.65. The topological polar surface area (TPSA) is 41.5 Å². The van der Waals surface area contributed by atoms with E-state index in [1.54, 1.807) is 11.3 Å². The van der Waals surface area contributed by atoms with Gasteiger partial charge in [-0.1, -0.05) is 12.1 Å². The molecule has 0 aliphatic carbocycles. The summed E-state index contributed by atoms with van der Waals surface area (Å²) >= 11 is 1.79. The van der Waals surface area contributed by atoms with Crippen molar-refractivity contribution in [3.05, 3.63) is 35.2 Å². The minimum atomic E-state index is -0.467. The summed E-state index contributed by atoms with van der Waals surface area (Å²) in [6.45, 7) is 2.95. The third-order valence-electron chi connectivity index (χ3n) is 3.94. The predicted molar refractivity (Wildman–Crippen MR) is 90.6 cm³/mol. The second-order valence-corrected chi connectivity index (χ2v) is 6.49. The average Bonchev–Trinajstić information content (AvgIpc) is 2.89. The fraction of sp³-hybridized carbons (Fsp3) is 0.500. The molecule has 0 atom stereocenters. The molecule has 21 heavy (non-hydrogen) atoms. The highest BCUT2D eigenvalue weighted by molar-refractivity contribution is 7.17. The molecule has 0 bridgehead atoms. The Morgan fingerprint density at radius 3 is 2.86 bits per heavy atom. The molecule has 2 heterocycles. The highest BCUT2D eigenvalue weighted by Crippen LogP contribution is 2.24. The van der Waals surface area contributed by atoms with E-state index in [0.717, 1.165) is 45.6 Å². The minimum Gasteiger partial charge on any atom is -0.387 e. The van der Waals surface area contributed by atoms with Gasteiger partial charge in [-0.25, -0.2) is 0 Å². The number of hydrogen-bond donors (Lipinski definition) is 2. The van der Waals surface area contributed by atoms with Crippen molar-refractivity contribution in [3.8, 4) is 0 Å². The quantitative estimate of drug-likeness (QED) is 0.768. The van der Waals surface area contributed by atoms with Gasteiger partial charge < -0.3 is 15.2 Å². The maximum atomic E-state index is 9.92. The van der Waals surface area contributed by atoms with Crippen LogP contribution >= 0.6 is 23.7 Å². The van der Waals surface area contributed by atoms with Crippen molar-refractivity contribution in [1.29, 1.82) is 0 Å². The van der Waals surface area contributed by atoms with Crippen LogP contribution in [-0.4, -0.2) is 37.0 Å². The SMILES string of the molecule is Cl.OC1(CCCOCCc2cccc3sccc23)CNC1. The molecule has 2 N–H and O–H groups in total. The highest BCUT2D eigenvalue weighted by Gasteiger charge is 2.33. The van der Waals surface area contributed by atoms with Gasteiger partial charge in [-0.05, 0) is 47.7 Å². The van der Waals surface area contributed by atoms with Gasteiger partial charge in [0.2, 0.25) is 0 Å². The van der Waals surface area contributed by atoms with Gasteiger partial charge in [0.15, 0.2) is 0 Å². The van der Waals surface area contributed by atoms with Crippen molar-refractivity contribution in [2.24, 2.45) is 0 Å². The molecule has 2 aromatic rings. The molecule has 1 aromatic carbocycles. The molecule has 1 fully saturated rings. The van der Waals surface area contributed by atoms with Crippen LogP contribution in [0.25, 0.3) is 10.1 Å². The molecule has 1 saturated heterocycles. The van der Waals surface area contributed by atoms with Crippen molar-refractivity contribution in [2.45, 2.75) is 24.9 Å². The molecule has 5 heteroatoms. The van der Waals surface area contributed by atoms with Crippen molar-refractivity contribution >= 4 is 33.8 Å². The number of hydrogen-bond acceptors (Lipinski definition) is 4. The molecular weight excluding hydrogens is 306 g/mol. The number of rotatable bonds is 7. The van der Waals surface area contributed by atoms with Gasteiger partial charge >= 0.3 is 0 Å². The number of β-amino-alcohol motifs (C(OH)–C–C–N with tert-alkyl or cyclic N) is 1. The third-order valence-corrected chi connectivity index (χ3v) is 4.82. The molecule has 3 nitrogen and oxygen atoms in total. The van der Waals surface area contributed by atoms with E-state index in [9.17, 15) is 5.11 Å². The van der Waals surface area contributed by atoms with Crippen LogP contribution in [0.3, 0.4) is 0 Å². The number of ether oxygens (including phenoxy) is 1. The fourth-order valence-electron chi connectivity index (χ4n) is 2.65. The van der Waals surface area contributed by atoms with Crippen LogP contribution in [0.1, 0.15) is 18.4 Å². The molecule has 0 radical (unpaired) electrons. The summed E-state index contributed by atoms with van der Waals surface area (Å²) in [5.41, 5.74) is 0.900. The molecule has 1 aromatic heterocycles. The molecule has 0 saturated carbocycles. The van der Waals surface area contributed by atoms with Crippen LogP contribution in [0.2, 0.25) is 0 Å². The molecule has 0 unspecified atom stereocenters. The van der Waals surface area contributed by atoms with E-state index in [2.05, 4.69) is 35.0 Å². The van der Waals surface area contributed by atoms with Crippen LogP contribution in [-0.2, 0) is 11.2 Å². The van der Waals surface area contributed by atoms with Crippen molar-refractivity contribution in [2.75, 3.05) is 26.3 Å². The van der Waals surface area contributed by atoms with E-state index in [4.69, 9.17) is 4.74 Å². The van der Waals surface area contributed by atoms with E-state index < -0.39 is 5.60 Å². The smallest absolute Gasteiger partial charge is 0.0895 e. The average molecular weight is 328 g/mol. The molecule has 3 rings (SSSR count). The molecule has 0 spiro atoms. The van der Waals surface area contributed by atoms with E-state index in [1.165, 1.54) is 15.6 Å². The Morgan fingerprint density at radius 1 is 1.24 bits per heavy atom. The number of benzene rings is 1. The predicted octanol–water partition coefficient (Wildman–Crippen LogP) is 3.00. The molecule has 116 valence electrons. The van der Waals surface area contributed by atoms with Crippen LogP contribution in [0.15, 0.2) is 29.6 Å². The first-order chi connectivity index (χ1) is 9.77. The second kappa shape index (κ2) is 7.56. The lowest BCUT2D eigenvalue weighted by molar-refractivity contribution is -0.0246. The Hall–Kier alpha value is -0.650. The molecule has 0 amide bonds. The largest absolute Gasteiger partial charge is 0.387 e. The van der Waals surface area contributed by atoms with Gasteiger partial charge in [0, 0.05) is 24.4 Å². The van der Waals surface area contributed by atoms with Crippen molar-refractivity contribution in [3.63, 3.8) is 0 Å². The van der Waals surface area contributed by atoms with Crippen LogP contribution in [0.4, 0.5) is 0 Å². The van der Waals surface area contributed by atoms with Gasteiger partial charge in [0.05, 0.1) is 12.2 Å². The highest BCUT2D eigenvalue weighted by atomic mass is 35.5. The summed E-state index contributed by atoms with van der Waals surface area (Å²) in [6.07, 6.45) is 2.72. The van der Waals surface area contributed by atoms with Crippen LogP contribution in [0.5, 0.6) is 0 Å². The molecule has 1 aliphatic heterocycles. The molecule has 1 aliphatic rings. The normalized spacial score (nSPS) is 16.4. The Kier molecular flexibility index (Phi) is 6.02. The first-order valence-electron chi connectivity index (χ1n) is 7.23. The Balaban J connectivity index is 0.00000161. The van der Waals surface area contributed by atoms with Crippen molar-refractivity contribution < 1.29 is 9.84 Å². The first-order valence-corrected chi connectivity index (χ1v) is 8.11. The maximum Gasteiger partial charge on any atom is 0.0895 e.